The summed E-state index contributed by atoms with van der Waals surface area (Å²) >= 11 is 0. The number of rotatable bonds is 3. The Labute approximate surface area is 155 Å². The van der Waals surface area contributed by atoms with Gasteiger partial charge in [0.2, 0.25) is 0 Å². The first-order valence-corrected chi connectivity index (χ1v) is 8.73. The second-order valence-corrected chi connectivity index (χ2v) is 6.65. The molecule has 3 heteroatoms. The summed E-state index contributed by atoms with van der Waals surface area (Å²) in [4.78, 5) is 0. The lowest BCUT2D eigenvalue weighted by Gasteiger charge is -2.18. The first-order chi connectivity index (χ1) is 12.5. The molecule has 1 aromatic rings. The van der Waals surface area contributed by atoms with E-state index in [-0.39, 0.29) is 0 Å². The lowest BCUT2D eigenvalue weighted by atomic mass is 9.89. The second-order valence-electron chi connectivity index (χ2n) is 6.65. The van der Waals surface area contributed by atoms with E-state index in [1.807, 2.05) is 43.6 Å². The van der Waals surface area contributed by atoms with Crippen LogP contribution in [0.3, 0.4) is 0 Å². The molecule has 0 aromatic heterocycles. The lowest BCUT2D eigenvalue weighted by molar-refractivity contribution is 0.996. The zero-order valence-electron chi connectivity index (χ0n) is 15.2. The molecule has 1 aromatic carbocycles. The average Bonchev–Trinajstić information content (AvgIpc) is 2.61. The molecule has 1 heterocycles. The fourth-order valence-electron chi connectivity index (χ4n) is 3.12. The maximum atomic E-state index is 6.19. The normalized spacial score (nSPS) is 20.4. The molecule has 3 nitrogen and oxygen atoms in total. The number of allylic oxidation sites excluding steroid dienone is 8. The van der Waals surface area contributed by atoms with Crippen LogP contribution in [0.1, 0.15) is 30.9 Å². The van der Waals surface area contributed by atoms with E-state index in [4.69, 9.17) is 11.5 Å². The van der Waals surface area contributed by atoms with Gasteiger partial charge in [-0.05, 0) is 65.8 Å². The number of anilines is 1. The molecule has 0 spiro atoms. The Balaban J connectivity index is 2.01. The maximum Gasteiger partial charge on any atom is 0.0350 e. The van der Waals surface area contributed by atoms with Gasteiger partial charge in [0.05, 0.1) is 0 Å². The summed E-state index contributed by atoms with van der Waals surface area (Å²) in [6.07, 6.45) is 14.1. The van der Waals surface area contributed by atoms with Gasteiger partial charge in [-0.25, -0.2) is 0 Å². The van der Waals surface area contributed by atoms with Crippen LogP contribution in [0.25, 0.3) is 11.1 Å². The molecule has 2 aliphatic rings. The minimum absolute atomic E-state index is 0.684. The first kappa shape index (κ1) is 17.6. The van der Waals surface area contributed by atoms with Gasteiger partial charge in [0, 0.05) is 34.9 Å². The van der Waals surface area contributed by atoms with Gasteiger partial charge in [0.25, 0.3) is 0 Å². The number of benzene rings is 1. The quantitative estimate of drug-likeness (QED) is 0.690. The molecular formula is C23H25N3. The highest BCUT2D eigenvalue weighted by Crippen LogP contribution is 2.33. The van der Waals surface area contributed by atoms with E-state index in [0.29, 0.717) is 5.69 Å². The van der Waals surface area contributed by atoms with Gasteiger partial charge in [-0.1, -0.05) is 37.5 Å². The molecule has 132 valence electrons. The fourth-order valence-corrected chi connectivity index (χ4v) is 3.12. The minimum Gasteiger partial charge on any atom is -0.399 e. The van der Waals surface area contributed by atoms with Gasteiger partial charge >= 0.3 is 0 Å². The zero-order valence-corrected chi connectivity index (χ0v) is 15.2. The Kier molecular flexibility index (Phi) is 4.99. The van der Waals surface area contributed by atoms with Crippen molar-refractivity contribution in [3.63, 3.8) is 0 Å². The Bertz CT molecular complexity index is 921. The summed E-state index contributed by atoms with van der Waals surface area (Å²) in [5, 5.41) is 3.21. The molecule has 0 fully saturated rings. The molecule has 0 radical (unpaired) electrons. The second kappa shape index (κ2) is 7.36. The summed E-state index contributed by atoms with van der Waals surface area (Å²) in [6, 6.07) is 5.98. The highest BCUT2D eigenvalue weighted by atomic mass is 14.8. The van der Waals surface area contributed by atoms with E-state index >= 15 is 0 Å². The van der Waals surface area contributed by atoms with Crippen LogP contribution in [0.5, 0.6) is 0 Å². The van der Waals surface area contributed by atoms with Crippen LogP contribution in [0.15, 0.2) is 90.5 Å². The van der Waals surface area contributed by atoms with E-state index in [9.17, 15) is 0 Å². The van der Waals surface area contributed by atoms with Crippen molar-refractivity contribution in [3.8, 4) is 0 Å². The van der Waals surface area contributed by atoms with Crippen LogP contribution in [-0.2, 0) is 0 Å². The smallest absolute Gasteiger partial charge is 0.0350 e. The molecule has 0 amide bonds. The van der Waals surface area contributed by atoms with Crippen molar-refractivity contribution in [1.29, 1.82) is 0 Å². The molecule has 1 aliphatic heterocycles. The zero-order chi connectivity index (χ0) is 18.7. The molecule has 5 N–H and O–H groups in total. The predicted octanol–water partition coefficient (Wildman–Crippen LogP) is 4.81. The fraction of sp³-hybridized carbons (Fsp3) is 0.130. The van der Waals surface area contributed by atoms with Crippen LogP contribution in [0, 0.1) is 0 Å². The van der Waals surface area contributed by atoms with Crippen molar-refractivity contribution in [2.75, 3.05) is 5.73 Å². The van der Waals surface area contributed by atoms with Crippen LogP contribution in [0.4, 0.5) is 5.69 Å². The van der Waals surface area contributed by atoms with Crippen LogP contribution < -0.4 is 16.8 Å². The monoisotopic (exact) mass is 343 g/mol. The van der Waals surface area contributed by atoms with Crippen LogP contribution >= 0.6 is 0 Å². The van der Waals surface area contributed by atoms with Crippen molar-refractivity contribution in [2.24, 2.45) is 5.73 Å². The van der Waals surface area contributed by atoms with Crippen molar-refractivity contribution in [2.45, 2.75) is 19.8 Å². The Hall–Kier alpha value is -3.20. The molecular weight excluding hydrogens is 318 g/mol. The molecule has 0 bridgehead atoms. The van der Waals surface area contributed by atoms with Crippen molar-refractivity contribution in [3.05, 3.63) is 102 Å². The third kappa shape index (κ3) is 3.72. The predicted molar refractivity (Wildman–Crippen MR) is 113 cm³/mol. The van der Waals surface area contributed by atoms with Crippen molar-refractivity contribution >= 4 is 16.8 Å². The van der Waals surface area contributed by atoms with Crippen molar-refractivity contribution < 1.29 is 0 Å². The maximum absolute atomic E-state index is 6.19. The van der Waals surface area contributed by atoms with E-state index < -0.39 is 0 Å². The lowest BCUT2D eigenvalue weighted by Crippen LogP contribution is -2.07. The summed E-state index contributed by atoms with van der Waals surface area (Å²) in [7, 11) is 0. The number of nitrogens with one attached hydrogen (secondary N) is 1. The molecule has 0 atom stereocenters. The van der Waals surface area contributed by atoms with Gasteiger partial charge in [-0.15, -0.1) is 0 Å². The summed E-state index contributed by atoms with van der Waals surface area (Å²) < 4.78 is 0. The Morgan fingerprint density at radius 3 is 2.58 bits per heavy atom. The van der Waals surface area contributed by atoms with Gasteiger partial charge in [0.1, 0.15) is 0 Å². The molecule has 0 saturated heterocycles. The molecule has 1 aliphatic carbocycles. The highest BCUT2D eigenvalue weighted by molar-refractivity contribution is 5.88. The third-order valence-corrected chi connectivity index (χ3v) is 4.56. The topological polar surface area (TPSA) is 64.1 Å². The third-order valence-electron chi connectivity index (χ3n) is 4.56. The van der Waals surface area contributed by atoms with Crippen molar-refractivity contribution in [1.82, 2.24) is 5.32 Å². The largest absolute Gasteiger partial charge is 0.399 e. The van der Waals surface area contributed by atoms with Gasteiger partial charge in [0.15, 0.2) is 0 Å². The molecule has 0 unspecified atom stereocenters. The SMILES string of the molecule is C=C1/C=C\C(C)=C/NC=C1c1cc(N)cc(C(=C)C2=CCCC=C2N)c1. The number of nitrogen functional groups attached to an aromatic ring is 1. The van der Waals surface area contributed by atoms with Gasteiger partial charge in [-0.2, -0.15) is 0 Å². The number of nitrogens with two attached hydrogens (primary N) is 2. The van der Waals surface area contributed by atoms with Crippen LogP contribution in [0.2, 0.25) is 0 Å². The van der Waals surface area contributed by atoms with E-state index in [2.05, 4.69) is 36.7 Å². The Morgan fingerprint density at radius 1 is 1.04 bits per heavy atom. The van der Waals surface area contributed by atoms with Gasteiger partial charge < -0.3 is 16.8 Å². The standard InChI is InChI=1S/C23H25N3/c1-15-8-9-16(2)22(14-26-13-15)19-10-18(11-20(24)12-19)17(3)21-6-4-5-7-23(21)25/h6-14,26H,2-5,24-25H2,1H3/b9-8-,15-13-,22-14?. The van der Waals surface area contributed by atoms with E-state index in [1.54, 1.807) is 0 Å². The van der Waals surface area contributed by atoms with E-state index in [1.165, 1.54) is 0 Å². The van der Waals surface area contributed by atoms with Crippen LogP contribution in [-0.4, -0.2) is 0 Å². The summed E-state index contributed by atoms with van der Waals surface area (Å²) in [6.45, 7) is 10.5. The Morgan fingerprint density at radius 2 is 1.81 bits per heavy atom. The number of hydrogen-bond acceptors (Lipinski definition) is 3. The molecule has 26 heavy (non-hydrogen) atoms. The molecule has 3 rings (SSSR count). The number of hydrogen-bond donors (Lipinski definition) is 3. The average molecular weight is 343 g/mol. The summed E-state index contributed by atoms with van der Waals surface area (Å²) in [5.74, 6) is 0. The minimum atomic E-state index is 0.684. The highest BCUT2D eigenvalue weighted by Gasteiger charge is 2.14. The van der Waals surface area contributed by atoms with E-state index in [0.717, 1.165) is 57.5 Å². The molecule has 0 saturated carbocycles. The first-order valence-electron chi connectivity index (χ1n) is 8.73. The summed E-state index contributed by atoms with van der Waals surface area (Å²) in [5.41, 5.74) is 20.7. The van der Waals surface area contributed by atoms with Gasteiger partial charge in [-0.3, -0.25) is 0 Å².